The van der Waals surface area contributed by atoms with Crippen LogP contribution in [0.3, 0.4) is 0 Å². The van der Waals surface area contributed by atoms with Gasteiger partial charge in [-0.1, -0.05) is 12.1 Å². The van der Waals surface area contributed by atoms with Gasteiger partial charge in [-0.15, -0.1) is 0 Å². The number of sulfonamides is 1. The van der Waals surface area contributed by atoms with Crippen LogP contribution in [0.1, 0.15) is 12.5 Å². The highest BCUT2D eigenvalue weighted by Crippen LogP contribution is 2.18. The molecule has 1 fully saturated rings. The van der Waals surface area contributed by atoms with E-state index in [2.05, 4.69) is 6.07 Å². The monoisotopic (exact) mass is 379 g/mol. The Morgan fingerprint density at radius 2 is 1.73 bits per heavy atom. The Labute approximate surface area is 154 Å². The van der Waals surface area contributed by atoms with Crippen LogP contribution in [-0.4, -0.2) is 45.5 Å². The second-order valence-corrected chi connectivity index (χ2v) is 8.26. The molecule has 1 aliphatic heterocycles. The van der Waals surface area contributed by atoms with Gasteiger partial charge < -0.3 is 9.64 Å². The van der Waals surface area contributed by atoms with E-state index in [0.717, 1.165) is 30.9 Å². The van der Waals surface area contributed by atoms with Gasteiger partial charge >= 0.3 is 0 Å². The Morgan fingerprint density at radius 1 is 1.08 bits per heavy atom. The standard InChI is InChI=1S/C19H23FN2O3S/c1-2-25-19-6-4-3-5-16(19)15-21-11-13-22(14-12-21)26(23,24)18-9-7-17(20)8-10-18/h3-10H,2,11-15H2,1H3/p+1. The van der Waals surface area contributed by atoms with Crippen molar-refractivity contribution >= 4 is 10.0 Å². The summed E-state index contributed by atoms with van der Waals surface area (Å²) in [4.78, 5) is 1.46. The fourth-order valence-electron chi connectivity index (χ4n) is 3.19. The third kappa shape index (κ3) is 4.23. The highest BCUT2D eigenvalue weighted by atomic mass is 32.2. The molecule has 2 aromatic carbocycles. The Balaban J connectivity index is 1.63. The molecule has 0 aromatic heterocycles. The van der Waals surface area contributed by atoms with Crippen LogP contribution in [0.5, 0.6) is 5.75 Å². The van der Waals surface area contributed by atoms with Gasteiger partial charge in [0.2, 0.25) is 10.0 Å². The molecule has 0 saturated carbocycles. The van der Waals surface area contributed by atoms with Crippen molar-refractivity contribution in [2.75, 3.05) is 32.8 Å². The predicted octanol–water partition coefficient (Wildman–Crippen LogP) is 1.31. The second-order valence-electron chi connectivity index (χ2n) is 6.33. The summed E-state index contributed by atoms with van der Waals surface area (Å²) in [6.07, 6.45) is 0. The quantitative estimate of drug-likeness (QED) is 0.824. The van der Waals surface area contributed by atoms with E-state index in [0.29, 0.717) is 19.7 Å². The Bertz CT molecular complexity index is 832. The summed E-state index contributed by atoms with van der Waals surface area (Å²) < 4.78 is 45.6. The van der Waals surface area contributed by atoms with Crippen molar-refractivity contribution < 1.29 is 22.4 Å². The normalized spacial score (nSPS) is 16.5. The molecule has 0 bridgehead atoms. The number of benzene rings is 2. The molecule has 0 amide bonds. The third-order valence-electron chi connectivity index (χ3n) is 4.59. The number of nitrogens with one attached hydrogen (secondary N) is 1. The summed E-state index contributed by atoms with van der Waals surface area (Å²) in [5.74, 6) is 0.454. The largest absolute Gasteiger partial charge is 0.493 e. The van der Waals surface area contributed by atoms with E-state index in [1.54, 1.807) is 0 Å². The molecule has 0 spiro atoms. The van der Waals surface area contributed by atoms with Gasteiger partial charge in [-0.25, -0.2) is 12.8 Å². The van der Waals surface area contributed by atoms with Crippen molar-refractivity contribution in [1.29, 1.82) is 0 Å². The summed E-state index contributed by atoms with van der Waals surface area (Å²) >= 11 is 0. The fourth-order valence-corrected chi connectivity index (χ4v) is 4.63. The zero-order valence-electron chi connectivity index (χ0n) is 14.8. The van der Waals surface area contributed by atoms with Crippen molar-refractivity contribution in [2.24, 2.45) is 0 Å². The van der Waals surface area contributed by atoms with Crippen LogP contribution in [0.2, 0.25) is 0 Å². The van der Waals surface area contributed by atoms with Crippen molar-refractivity contribution in [3.8, 4) is 5.75 Å². The molecule has 1 aliphatic rings. The highest BCUT2D eigenvalue weighted by molar-refractivity contribution is 7.89. The molecule has 1 saturated heterocycles. The summed E-state index contributed by atoms with van der Waals surface area (Å²) in [6.45, 7) is 5.73. The Hall–Kier alpha value is -1.96. The average molecular weight is 379 g/mol. The predicted molar refractivity (Wildman–Crippen MR) is 97.2 cm³/mol. The van der Waals surface area contributed by atoms with Gasteiger partial charge in [0.25, 0.3) is 0 Å². The van der Waals surface area contributed by atoms with Crippen LogP contribution in [-0.2, 0) is 16.6 Å². The van der Waals surface area contributed by atoms with Gasteiger partial charge in [-0.05, 0) is 43.3 Å². The van der Waals surface area contributed by atoms with E-state index >= 15 is 0 Å². The second kappa shape index (κ2) is 8.16. The molecule has 7 heteroatoms. The number of ether oxygens (including phenoxy) is 1. The fraction of sp³-hybridized carbons (Fsp3) is 0.368. The van der Waals surface area contributed by atoms with Gasteiger partial charge in [0.15, 0.2) is 0 Å². The molecule has 0 aliphatic carbocycles. The third-order valence-corrected chi connectivity index (χ3v) is 6.51. The van der Waals surface area contributed by atoms with E-state index in [1.807, 2.05) is 25.1 Å². The van der Waals surface area contributed by atoms with Crippen LogP contribution in [0.4, 0.5) is 4.39 Å². The number of hydrogen-bond donors (Lipinski definition) is 1. The SMILES string of the molecule is CCOc1ccccc1C[NH+]1CCN(S(=O)(=O)c2ccc(F)cc2)CC1. The molecule has 26 heavy (non-hydrogen) atoms. The van der Waals surface area contributed by atoms with Crippen molar-refractivity contribution in [3.63, 3.8) is 0 Å². The van der Waals surface area contributed by atoms with E-state index in [1.165, 1.54) is 33.5 Å². The van der Waals surface area contributed by atoms with Crippen LogP contribution < -0.4 is 9.64 Å². The first-order valence-corrected chi connectivity index (χ1v) is 10.2. The summed E-state index contributed by atoms with van der Waals surface area (Å²) in [5.41, 5.74) is 1.14. The number of piperazine rings is 1. The minimum Gasteiger partial charge on any atom is -0.493 e. The van der Waals surface area contributed by atoms with Crippen LogP contribution in [0.15, 0.2) is 53.4 Å². The van der Waals surface area contributed by atoms with Gasteiger partial charge in [-0.3, -0.25) is 0 Å². The zero-order chi connectivity index (χ0) is 18.6. The maximum Gasteiger partial charge on any atom is 0.243 e. The summed E-state index contributed by atoms with van der Waals surface area (Å²) in [6, 6.07) is 13.0. The molecule has 1 heterocycles. The van der Waals surface area contributed by atoms with Gasteiger partial charge in [0.05, 0.1) is 37.7 Å². The molecule has 5 nitrogen and oxygen atoms in total. The van der Waals surface area contributed by atoms with Crippen LogP contribution in [0, 0.1) is 5.82 Å². The lowest BCUT2D eigenvalue weighted by Crippen LogP contribution is -3.13. The smallest absolute Gasteiger partial charge is 0.243 e. The first kappa shape index (κ1) is 18.8. The Morgan fingerprint density at radius 3 is 2.38 bits per heavy atom. The van der Waals surface area contributed by atoms with E-state index in [4.69, 9.17) is 4.74 Å². The first-order valence-electron chi connectivity index (χ1n) is 8.80. The van der Waals surface area contributed by atoms with Crippen molar-refractivity contribution in [2.45, 2.75) is 18.4 Å². The zero-order valence-corrected chi connectivity index (χ0v) is 15.6. The number of halogens is 1. The van der Waals surface area contributed by atoms with Gasteiger partial charge in [0, 0.05) is 5.56 Å². The highest BCUT2D eigenvalue weighted by Gasteiger charge is 2.30. The summed E-state index contributed by atoms with van der Waals surface area (Å²) in [5, 5.41) is 0. The molecule has 0 unspecified atom stereocenters. The van der Waals surface area contributed by atoms with Gasteiger partial charge in [0.1, 0.15) is 18.1 Å². The van der Waals surface area contributed by atoms with E-state index < -0.39 is 15.8 Å². The molecule has 2 aromatic rings. The average Bonchev–Trinajstić information content (AvgIpc) is 2.64. The molecular formula is C19H24FN2O3S+. The molecule has 0 atom stereocenters. The molecular weight excluding hydrogens is 355 g/mol. The minimum atomic E-state index is -3.56. The Kier molecular flexibility index (Phi) is 5.90. The van der Waals surface area contributed by atoms with Crippen molar-refractivity contribution in [3.05, 3.63) is 59.9 Å². The van der Waals surface area contributed by atoms with E-state index in [-0.39, 0.29) is 4.90 Å². The lowest BCUT2D eigenvalue weighted by Gasteiger charge is -2.31. The molecule has 1 N–H and O–H groups in total. The number of quaternary nitrogens is 1. The lowest BCUT2D eigenvalue weighted by molar-refractivity contribution is -0.917. The summed E-state index contributed by atoms with van der Waals surface area (Å²) in [7, 11) is -3.56. The number of nitrogens with zero attached hydrogens (tertiary/aromatic N) is 1. The van der Waals surface area contributed by atoms with E-state index in [9.17, 15) is 12.8 Å². The maximum atomic E-state index is 13.0. The topological polar surface area (TPSA) is 51.1 Å². The van der Waals surface area contributed by atoms with Crippen LogP contribution in [0.25, 0.3) is 0 Å². The lowest BCUT2D eigenvalue weighted by atomic mass is 10.2. The van der Waals surface area contributed by atoms with Crippen molar-refractivity contribution in [1.82, 2.24) is 4.31 Å². The first-order chi connectivity index (χ1) is 12.5. The van der Waals surface area contributed by atoms with Gasteiger partial charge in [-0.2, -0.15) is 4.31 Å². The number of para-hydroxylation sites is 1. The molecule has 140 valence electrons. The number of hydrogen-bond acceptors (Lipinski definition) is 3. The number of rotatable bonds is 6. The molecule has 0 radical (unpaired) electrons. The maximum absolute atomic E-state index is 13.0. The van der Waals surface area contributed by atoms with Crippen LogP contribution >= 0.6 is 0 Å². The molecule has 3 rings (SSSR count). The minimum absolute atomic E-state index is 0.143.